The smallest absolute Gasteiger partial charge is 0.326 e. The molecule has 0 saturated carbocycles. The Morgan fingerprint density at radius 1 is 1.43 bits per heavy atom. The summed E-state index contributed by atoms with van der Waals surface area (Å²) in [5, 5.41) is 4.60. The molecule has 0 aliphatic carbocycles. The van der Waals surface area contributed by atoms with Crippen LogP contribution >= 0.6 is 34.3 Å². The molecule has 0 aliphatic rings. The number of hydrogen-bond donors (Lipinski definition) is 0. The monoisotopic (exact) mass is 366 g/mol. The van der Waals surface area contributed by atoms with Crippen LogP contribution in [0.15, 0.2) is 45.6 Å². The number of nitrogens with zero attached hydrogens (tertiary/aromatic N) is 2. The van der Waals surface area contributed by atoms with Crippen molar-refractivity contribution in [3.05, 3.63) is 51.2 Å². The minimum absolute atomic E-state index is 0.0797. The number of aromatic nitrogens is 2. The lowest BCUT2D eigenvalue weighted by Crippen LogP contribution is -2.25. The first-order chi connectivity index (χ1) is 11.1. The Labute approximate surface area is 144 Å². The fourth-order valence-corrected chi connectivity index (χ4v) is 3.81. The lowest BCUT2D eigenvalue weighted by Gasteiger charge is -2.06. The van der Waals surface area contributed by atoms with Crippen molar-refractivity contribution in [2.45, 2.75) is 6.54 Å². The molecule has 0 spiro atoms. The van der Waals surface area contributed by atoms with E-state index < -0.39 is 5.97 Å². The Bertz CT molecular complexity index is 928. The highest BCUT2D eigenvalue weighted by molar-refractivity contribution is 7.18. The van der Waals surface area contributed by atoms with Crippen molar-refractivity contribution in [2.24, 2.45) is 0 Å². The van der Waals surface area contributed by atoms with Crippen molar-refractivity contribution < 1.29 is 9.53 Å². The number of rotatable bonds is 5. The number of halogens is 1. The van der Waals surface area contributed by atoms with Gasteiger partial charge in [-0.2, -0.15) is 0 Å². The molecule has 3 heterocycles. The molecule has 0 saturated heterocycles. The second-order valence-electron chi connectivity index (χ2n) is 4.66. The van der Waals surface area contributed by atoms with E-state index in [0.29, 0.717) is 10.2 Å². The zero-order valence-electron chi connectivity index (χ0n) is 11.8. The molecule has 0 unspecified atom stereocenters. The molecule has 8 heteroatoms. The summed E-state index contributed by atoms with van der Waals surface area (Å²) in [5.74, 6) is -0.567. The Kier molecular flexibility index (Phi) is 4.61. The molecule has 0 N–H and O–H groups in total. The SMILES string of the molecule is C=C(Cl)COC(=O)Cn1cnc2scc(-c3cccs3)c2c1=O. The van der Waals surface area contributed by atoms with Gasteiger partial charge in [-0.05, 0) is 11.4 Å². The first-order valence-electron chi connectivity index (χ1n) is 6.55. The molecule has 3 aromatic heterocycles. The van der Waals surface area contributed by atoms with Gasteiger partial charge in [0, 0.05) is 20.9 Å². The standard InChI is InChI=1S/C15H11ClN2O3S2/c1-9(16)6-21-12(19)5-18-8-17-14-13(15(18)20)10(7-23-14)11-3-2-4-22-11/h2-4,7-8H,1,5-6H2. The lowest BCUT2D eigenvalue weighted by molar-refractivity contribution is -0.143. The maximum atomic E-state index is 12.7. The first kappa shape index (κ1) is 15.9. The van der Waals surface area contributed by atoms with Crippen LogP contribution in [0.4, 0.5) is 0 Å². The average molecular weight is 367 g/mol. The molecule has 0 amide bonds. The van der Waals surface area contributed by atoms with Crippen molar-refractivity contribution in [1.82, 2.24) is 9.55 Å². The highest BCUT2D eigenvalue weighted by atomic mass is 35.5. The molecule has 0 radical (unpaired) electrons. The maximum absolute atomic E-state index is 12.7. The summed E-state index contributed by atoms with van der Waals surface area (Å²) >= 11 is 8.50. The fourth-order valence-electron chi connectivity index (χ4n) is 2.04. The van der Waals surface area contributed by atoms with Gasteiger partial charge in [0.05, 0.1) is 11.7 Å². The average Bonchev–Trinajstić information content (AvgIpc) is 3.16. The van der Waals surface area contributed by atoms with Gasteiger partial charge in [-0.15, -0.1) is 22.7 Å². The summed E-state index contributed by atoms with van der Waals surface area (Å²) < 4.78 is 6.15. The van der Waals surface area contributed by atoms with E-state index in [2.05, 4.69) is 11.6 Å². The summed E-state index contributed by atoms with van der Waals surface area (Å²) in [5.41, 5.74) is 0.579. The van der Waals surface area contributed by atoms with Gasteiger partial charge >= 0.3 is 5.97 Å². The van der Waals surface area contributed by atoms with Gasteiger partial charge in [0.1, 0.15) is 18.0 Å². The van der Waals surface area contributed by atoms with Crippen LogP contribution in [0, 0.1) is 0 Å². The minimum Gasteiger partial charge on any atom is -0.459 e. The van der Waals surface area contributed by atoms with E-state index in [1.807, 2.05) is 22.9 Å². The zero-order chi connectivity index (χ0) is 16.4. The van der Waals surface area contributed by atoms with E-state index in [0.717, 1.165) is 10.4 Å². The van der Waals surface area contributed by atoms with E-state index in [1.54, 1.807) is 11.3 Å². The van der Waals surface area contributed by atoms with Crippen LogP contribution in [0.25, 0.3) is 20.7 Å². The maximum Gasteiger partial charge on any atom is 0.326 e. The summed E-state index contributed by atoms with van der Waals surface area (Å²) in [6.07, 6.45) is 1.36. The molecular weight excluding hydrogens is 356 g/mol. The first-order valence-corrected chi connectivity index (χ1v) is 8.69. The molecule has 0 aliphatic heterocycles. The third-order valence-electron chi connectivity index (χ3n) is 3.04. The number of esters is 1. The van der Waals surface area contributed by atoms with Gasteiger partial charge < -0.3 is 4.74 Å². The van der Waals surface area contributed by atoms with Crippen LogP contribution in [0.2, 0.25) is 0 Å². The highest BCUT2D eigenvalue weighted by Gasteiger charge is 2.15. The molecule has 0 bridgehead atoms. The van der Waals surface area contributed by atoms with Gasteiger partial charge in [0.2, 0.25) is 0 Å². The number of carbonyl (C=O) groups is 1. The van der Waals surface area contributed by atoms with Gasteiger partial charge in [-0.3, -0.25) is 14.2 Å². The number of thiophene rings is 2. The van der Waals surface area contributed by atoms with Crippen molar-refractivity contribution in [3.63, 3.8) is 0 Å². The van der Waals surface area contributed by atoms with Gasteiger partial charge in [-0.25, -0.2) is 4.98 Å². The largest absolute Gasteiger partial charge is 0.459 e. The van der Waals surface area contributed by atoms with Crippen molar-refractivity contribution >= 4 is 50.5 Å². The molecule has 0 aromatic carbocycles. The number of ether oxygens (including phenoxy) is 1. The molecule has 0 atom stereocenters. The van der Waals surface area contributed by atoms with E-state index >= 15 is 0 Å². The van der Waals surface area contributed by atoms with Crippen molar-refractivity contribution in [1.29, 1.82) is 0 Å². The van der Waals surface area contributed by atoms with E-state index in [9.17, 15) is 9.59 Å². The molecule has 23 heavy (non-hydrogen) atoms. The second-order valence-corrected chi connectivity index (χ2v) is 7.00. The van der Waals surface area contributed by atoms with Crippen LogP contribution in [0.1, 0.15) is 0 Å². The normalized spacial score (nSPS) is 10.8. The van der Waals surface area contributed by atoms with Crippen molar-refractivity contribution in [3.8, 4) is 10.4 Å². The Morgan fingerprint density at radius 3 is 2.96 bits per heavy atom. The fraction of sp³-hybridized carbons (Fsp3) is 0.133. The van der Waals surface area contributed by atoms with Crippen LogP contribution < -0.4 is 5.56 Å². The van der Waals surface area contributed by atoms with Crippen LogP contribution in [0.3, 0.4) is 0 Å². The van der Waals surface area contributed by atoms with Gasteiger partial charge in [-0.1, -0.05) is 24.2 Å². The van der Waals surface area contributed by atoms with E-state index in [1.165, 1.54) is 22.2 Å². The molecular formula is C15H11ClN2O3S2. The summed E-state index contributed by atoms with van der Waals surface area (Å²) in [7, 11) is 0. The van der Waals surface area contributed by atoms with E-state index in [4.69, 9.17) is 16.3 Å². The summed E-state index contributed by atoms with van der Waals surface area (Å²) in [6, 6.07) is 3.87. The van der Waals surface area contributed by atoms with Crippen LogP contribution in [-0.2, 0) is 16.1 Å². The predicted molar refractivity (Wildman–Crippen MR) is 93.1 cm³/mol. The Balaban J connectivity index is 1.95. The van der Waals surface area contributed by atoms with Crippen molar-refractivity contribution in [2.75, 3.05) is 6.61 Å². The molecule has 3 rings (SSSR count). The van der Waals surface area contributed by atoms with Gasteiger partial charge in [0.25, 0.3) is 5.56 Å². The zero-order valence-corrected chi connectivity index (χ0v) is 14.2. The molecule has 5 nitrogen and oxygen atoms in total. The predicted octanol–water partition coefficient (Wildman–Crippen LogP) is 3.48. The van der Waals surface area contributed by atoms with Gasteiger partial charge in [0.15, 0.2) is 0 Å². The quantitative estimate of drug-likeness (QED) is 0.648. The van der Waals surface area contributed by atoms with Crippen LogP contribution in [-0.4, -0.2) is 22.1 Å². The topological polar surface area (TPSA) is 61.2 Å². The number of fused-ring (bicyclic) bond motifs is 1. The second kappa shape index (κ2) is 6.66. The lowest BCUT2D eigenvalue weighted by atomic mass is 10.2. The third-order valence-corrected chi connectivity index (χ3v) is 4.94. The molecule has 3 aromatic rings. The minimum atomic E-state index is -0.567. The Morgan fingerprint density at radius 2 is 2.26 bits per heavy atom. The number of carbonyl (C=O) groups excluding carboxylic acids is 1. The summed E-state index contributed by atoms with van der Waals surface area (Å²) in [4.78, 5) is 30.3. The van der Waals surface area contributed by atoms with Crippen LogP contribution in [0.5, 0.6) is 0 Å². The molecule has 118 valence electrons. The Hall–Kier alpha value is -1.96. The van der Waals surface area contributed by atoms with E-state index in [-0.39, 0.29) is 23.7 Å². The number of hydrogen-bond acceptors (Lipinski definition) is 6. The summed E-state index contributed by atoms with van der Waals surface area (Å²) in [6.45, 7) is 3.14. The molecule has 0 fully saturated rings. The third kappa shape index (κ3) is 3.36. The highest BCUT2D eigenvalue weighted by Crippen LogP contribution is 2.33.